The first-order chi connectivity index (χ1) is 14.9. The zero-order chi connectivity index (χ0) is 23.7. The number of benzene rings is 1. The fraction of sp³-hybridized carbons (Fsp3) is 0.400. The summed E-state index contributed by atoms with van der Waals surface area (Å²) in [6.45, 7) is 7.20. The summed E-state index contributed by atoms with van der Waals surface area (Å²) in [4.78, 5) is 20.7. The van der Waals surface area contributed by atoms with Gasteiger partial charge in [0.1, 0.15) is 18.4 Å². The summed E-state index contributed by atoms with van der Waals surface area (Å²) >= 11 is 0. The van der Waals surface area contributed by atoms with E-state index < -0.39 is 24.7 Å². The highest BCUT2D eigenvalue weighted by Gasteiger charge is 2.30. The number of anilines is 2. The topological polar surface area (TPSA) is 86.3 Å². The van der Waals surface area contributed by atoms with Crippen LogP contribution in [0.25, 0.3) is 11.2 Å². The highest BCUT2D eigenvalue weighted by atomic mass is 28.3. The molecule has 0 saturated carbocycles. The smallest absolute Gasteiger partial charge is 0.361 e. The molecule has 0 atom stereocenters. The number of hydrogen-bond donors (Lipinski definition) is 0. The lowest BCUT2D eigenvalue weighted by atomic mass is 10.2. The van der Waals surface area contributed by atoms with E-state index in [2.05, 4.69) is 29.6 Å². The number of aromatic nitrogens is 3. The van der Waals surface area contributed by atoms with Crippen LogP contribution in [0.2, 0.25) is 25.7 Å². The Labute approximate surface area is 183 Å². The molecule has 0 spiro atoms. The van der Waals surface area contributed by atoms with Gasteiger partial charge in [-0.1, -0.05) is 19.6 Å². The number of nitrogens with zero attached hydrogens (tertiary/aromatic N) is 5. The van der Waals surface area contributed by atoms with Gasteiger partial charge in [-0.05, 0) is 30.3 Å². The molecule has 32 heavy (non-hydrogen) atoms. The first-order valence-electron chi connectivity index (χ1n) is 9.86. The number of ether oxygens (including phenoxy) is 1. The molecule has 3 aromatic rings. The molecule has 0 aliphatic rings. The van der Waals surface area contributed by atoms with Gasteiger partial charge in [0.05, 0.1) is 10.5 Å². The Kier molecular flexibility index (Phi) is 6.55. The summed E-state index contributed by atoms with van der Waals surface area (Å²) in [6.07, 6.45) is -3.31. The molecule has 0 bridgehead atoms. The second-order valence-electron chi connectivity index (χ2n) is 8.58. The Morgan fingerprint density at radius 3 is 2.44 bits per heavy atom. The first-order valence-corrected chi connectivity index (χ1v) is 13.6. The maximum atomic E-state index is 13.0. The fourth-order valence-corrected chi connectivity index (χ4v) is 3.76. The third-order valence-corrected chi connectivity index (χ3v) is 6.55. The van der Waals surface area contributed by atoms with E-state index in [-0.39, 0.29) is 12.4 Å². The second-order valence-corrected chi connectivity index (χ2v) is 14.2. The van der Waals surface area contributed by atoms with Crippen LogP contribution in [0.1, 0.15) is 5.56 Å². The quantitative estimate of drug-likeness (QED) is 0.146. The number of hydrogen-bond acceptors (Lipinski definition) is 6. The molecule has 0 aliphatic carbocycles. The van der Waals surface area contributed by atoms with Gasteiger partial charge in [-0.15, -0.1) is 0 Å². The number of aryl methyl sites for hydroxylation is 1. The fourth-order valence-electron chi connectivity index (χ4n) is 3.01. The lowest BCUT2D eigenvalue weighted by molar-refractivity contribution is -0.385. The molecule has 0 fully saturated rings. The van der Waals surface area contributed by atoms with Gasteiger partial charge >= 0.3 is 6.18 Å². The van der Waals surface area contributed by atoms with E-state index in [0.29, 0.717) is 29.4 Å². The summed E-state index contributed by atoms with van der Waals surface area (Å²) < 4.78 is 46.5. The third-order valence-electron chi connectivity index (χ3n) is 4.85. The SMILES string of the molecule is Cn1c(N(COCC[Si](C)(C)C)c2ccc(C(F)(F)F)cc2)nc2cc([N+](=O)[O-])cnc21. The molecular formula is C20H24F3N5O3Si. The van der Waals surface area contributed by atoms with Crippen molar-refractivity contribution in [2.45, 2.75) is 31.9 Å². The number of halogens is 3. The summed E-state index contributed by atoms with van der Waals surface area (Å²) in [6, 6.07) is 6.92. The van der Waals surface area contributed by atoms with Gasteiger partial charge in [0, 0.05) is 33.5 Å². The maximum absolute atomic E-state index is 13.0. The third kappa shape index (κ3) is 5.43. The van der Waals surface area contributed by atoms with Crippen molar-refractivity contribution >= 4 is 36.6 Å². The van der Waals surface area contributed by atoms with Crippen molar-refractivity contribution in [3.05, 3.63) is 52.2 Å². The molecule has 0 saturated heterocycles. The largest absolute Gasteiger partial charge is 0.416 e. The van der Waals surface area contributed by atoms with Crippen LogP contribution in [-0.2, 0) is 18.0 Å². The lowest BCUT2D eigenvalue weighted by Gasteiger charge is -2.25. The minimum absolute atomic E-state index is 0.0507. The van der Waals surface area contributed by atoms with Crippen molar-refractivity contribution in [1.29, 1.82) is 0 Å². The van der Waals surface area contributed by atoms with Crippen LogP contribution in [0.3, 0.4) is 0 Å². The Morgan fingerprint density at radius 2 is 1.88 bits per heavy atom. The number of nitro groups is 1. The van der Waals surface area contributed by atoms with Crippen LogP contribution in [0.4, 0.5) is 30.5 Å². The first kappa shape index (κ1) is 23.7. The summed E-state index contributed by atoms with van der Waals surface area (Å²) in [5, 5.41) is 11.1. The molecule has 2 heterocycles. The van der Waals surface area contributed by atoms with Crippen LogP contribution in [-0.4, -0.2) is 40.9 Å². The Hall–Kier alpha value is -2.99. The zero-order valence-corrected chi connectivity index (χ0v) is 19.2. The summed E-state index contributed by atoms with van der Waals surface area (Å²) in [7, 11) is 0.349. The summed E-state index contributed by atoms with van der Waals surface area (Å²) in [5.74, 6) is 0.348. The summed E-state index contributed by atoms with van der Waals surface area (Å²) in [5.41, 5.74) is 0.192. The second kappa shape index (κ2) is 8.86. The normalized spacial score (nSPS) is 12.3. The van der Waals surface area contributed by atoms with Crippen LogP contribution in [0.5, 0.6) is 0 Å². The highest BCUT2D eigenvalue weighted by Crippen LogP contribution is 2.33. The van der Waals surface area contributed by atoms with Crippen molar-refractivity contribution in [3.63, 3.8) is 0 Å². The van der Waals surface area contributed by atoms with Crippen LogP contribution in [0, 0.1) is 10.1 Å². The number of imidazole rings is 1. The zero-order valence-electron chi connectivity index (χ0n) is 18.2. The molecule has 0 unspecified atom stereocenters. The van der Waals surface area contributed by atoms with E-state index in [1.54, 1.807) is 16.5 Å². The molecule has 2 aromatic heterocycles. The van der Waals surface area contributed by atoms with E-state index in [9.17, 15) is 23.3 Å². The minimum atomic E-state index is -4.45. The molecule has 1 aromatic carbocycles. The van der Waals surface area contributed by atoms with Gasteiger partial charge in [0.2, 0.25) is 5.95 Å². The molecule has 0 radical (unpaired) electrons. The molecule has 0 amide bonds. The number of alkyl halides is 3. The van der Waals surface area contributed by atoms with Gasteiger partial charge < -0.3 is 4.74 Å². The van der Waals surface area contributed by atoms with Crippen molar-refractivity contribution in [1.82, 2.24) is 14.5 Å². The Morgan fingerprint density at radius 1 is 1.22 bits per heavy atom. The van der Waals surface area contributed by atoms with Crippen LogP contribution in [0.15, 0.2) is 36.5 Å². The van der Waals surface area contributed by atoms with Crippen LogP contribution >= 0.6 is 0 Å². The van der Waals surface area contributed by atoms with Crippen LogP contribution < -0.4 is 4.90 Å². The van der Waals surface area contributed by atoms with E-state index in [1.807, 2.05) is 0 Å². The monoisotopic (exact) mass is 467 g/mol. The highest BCUT2D eigenvalue weighted by molar-refractivity contribution is 6.76. The number of pyridine rings is 1. The predicted molar refractivity (Wildman–Crippen MR) is 118 cm³/mol. The standard InChI is InChI=1S/C20H24F3N5O3Si/c1-26-18-17(11-16(12-24-18)28(29)30)25-19(26)27(13-31-9-10-32(2,3)4)15-7-5-14(6-8-15)20(21,22)23/h5-8,11-12H,9-10,13H2,1-4H3. The maximum Gasteiger partial charge on any atom is 0.416 e. The number of fused-ring (bicyclic) bond motifs is 1. The predicted octanol–water partition coefficient (Wildman–Crippen LogP) is 5.35. The average molecular weight is 468 g/mol. The molecule has 0 aliphatic heterocycles. The van der Waals surface area contributed by atoms with Crippen molar-refractivity contribution in [2.24, 2.45) is 7.05 Å². The van der Waals surface area contributed by atoms with Gasteiger partial charge in [0.15, 0.2) is 5.65 Å². The minimum Gasteiger partial charge on any atom is -0.361 e. The number of rotatable bonds is 8. The molecule has 8 nitrogen and oxygen atoms in total. The Bertz CT molecular complexity index is 1110. The molecule has 3 rings (SSSR count). The van der Waals surface area contributed by atoms with E-state index in [1.165, 1.54) is 18.2 Å². The van der Waals surface area contributed by atoms with E-state index in [4.69, 9.17) is 4.74 Å². The van der Waals surface area contributed by atoms with Crippen molar-refractivity contribution in [2.75, 3.05) is 18.2 Å². The Balaban J connectivity index is 1.98. The van der Waals surface area contributed by atoms with Gasteiger partial charge in [-0.25, -0.2) is 9.97 Å². The van der Waals surface area contributed by atoms with Gasteiger partial charge in [-0.3, -0.25) is 19.6 Å². The molecule has 12 heteroatoms. The lowest BCUT2D eigenvalue weighted by Crippen LogP contribution is -2.27. The van der Waals surface area contributed by atoms with Crippen molar-refractivity contribution < 1.29 is 22.8 Å². The van der Waals surface area contributed by atoms with Crippen molar-refractivity contribution in [3.8, 4) is 0 Å². The molecular weight excluding hydrogens is 443 g/mol. The average Bonchev–Trinajstić information content (AvgIpc) is 3.02. The van der Waals surface area contributed by atoms with Gasteiger partial charge in [0.25, 0.3) is 5.69 Å². The molecule has 0 N–H and O–H groups in total. The van der Waals surface area contributed by atoms with Gasteiger partial charge in [-0.2, -0.15) is 13.2 Å². The van der Waals surface area contributed by atoms with E-state index >= 15 is 0 Å². The van der Waals surface area contributed by atoms with E-state index in [0.717, 1.165) is 24.4 Å². The molecule has 172 valence electrons.